The van der Waals surface area contributed by atoms with Crippen molar-refractivity contribution in [1.29, 1.82) is 0 Å². The van der Waals surface area contributed by atoms with E-state index in [9.17, 15) is 9.59 Å². The van der Waals surface area contributed by atoms with Gasteiger partial charge < -0.3 is 15.6 Å². The fraction of sp³-hybridized carbons (Fsp3) is 0.400. The van der Waals surface area contributed by atoms with Gasteiger partial charge in [0.05, 0.1) is 11.2 Å². The Hall–Kier alpha value is -2.37. The summed E-state index contributed by atoms with van der Waals surface area (Å²) in [5.74, 6) is -0.0137. The van der Waals surface area contributed by atoms with Gasteiger partial charge in [0.25, 0.3) is 5.56 Å². The van der Waals surface area contributed by atoms with Crippen LogP contribution in [0.5, 0.6) is 0 Å². The van der Waals surface area contributed by atoms with Crippen LogP contribution >= 0.6 is 0 Å². The van der Waals surface area contributed by atoms with E-state index in [0.717, 1.165) is 36.1 Å². The van der Waals surface area contributed by atoms with Crippen LogP contribution in [-0.4, -0.2) is 28.5 Å². The van der Waals surface area contributed by atoms with E-state index in [0.29, 0.717) is 0 Å². The molecule has 0 fully saturated rings. The van der Waals surface area contributed by atoms with Gasteiger partial charge in [-0.3, -0.25) is 14.6 Å². The molecule has 1 atom stereocenters. The largest absolute Gasteiger partial charge is 0.383 e. The molecule has 2 aromatic heterocycles. The average Bonchev–Trinajstić information content (AvgIpc) is 2.42. The quantitative estimate of drug-likeness (QED) is 0.705. The first-order valence-electron chi connectivity index (χ1n) is 7.05. The highest BCUT2D eigenvalue weighted by Gasteiger charge is 2.05. The van der Waals surface area contributed by atoms with Gasteiger partial charge in [0, 0.05) is 31.8 Å². The van der Waals surface area contributed by atoms with Crippen molar-refractivity contribution in [3.8, 4) is 0 Å². The Morgan fingerprint density at radius 1 is 1.48 bits per heavy atom. The molecule has 0 spiro atoms. The van der Waals surface area contributed by atoms with E-state index in [1.807, 2.05) is 13.0 Å². The van der Waals surface area contributed by atoms with Crippen molar-refractivity contribution in [2.75, 3.05) is 11.9 Å². The SMILES string of the molecule is CC(=O)NC(C)CCCNc1cc(=O)[nH]c2cccnc12. The third-order valence-corrected chi connectivity index (χ3v) is 3.18. The number of pyridine rings is 2. The highest BCUT2D eigenvalue weighted by Crippen LogP contribution is 2.16. The minimum Gasteiger partial charge on any atom is -0.383 e. The smallest absolute Gasteiger partial charge is 0.250 e. The molecule has 0 radical (unpaired) electrons. The summed E-state index contributed by atoms with van der Waals surface area (Å²) in [6.07, 6.45) is 3.47. The van der Waals surface area contributed by atoms with Gasteiger partial charge in [-0.1, -0.05) is 0 Å². The van der Waals surface area contributed by atoms with Crippen LogP contribution in [0.1, 0.15) is 26.7 Å². The second-order valence-electron chi connectivity index (χ2n) is 5.12. The van der Waals surface area contributed by atoms with E-state index in [4.69, 9.17) is 0 Å². The van der Waals surface area contributed by atoms with Gasteiger partial charge in [-0.05, 0) is 31.9 Å². The normalized spacial score (nSPS) is 12.1. The molecule has 0 aromatic carbocycles. The highest BCUT2D eigenvalue weighted by atomic mass is 16.1. The van der Waals surface area contributed by atoms with Gasteiger partial charge in [0.2, 0.25) is 5.91 Å². The van der Waals surface area contributed by atoms with Crippen LogP contribution in [0, 0.1) is 0 Å². The zero-order valence-corrected chi connectivity index (χ0v) is 12.3. The summed E-state index contributed by atoms with van der Waals surface area (Å²) in [7, 11) is 0. The van der Waals surface area contributed by atoms with E-state index < -0.39 is 0 Å². The molecule has 1 amide bonds. The van der Waals surface area contributed by atoms with Crippen molar-refractivity contribution in [1.82, 2.24) is 15.3 Å². The summed E-state index contributed by atoms with van der Waals surface area (Å²) >= 11 is 0. The summed E-state index contributed by atoms with van der Waals surface area (Å²) in [6.45, 7) is 4.22. The van der Waals surface area contributed by atoms with Gasteiger partial charge >= 0.3 is 0 Å². The minimum absolute atomic E-state index is 0.0137. The fourth-order valence-corrected chi connectivity index (χ4v) is 2.27. The topological polar surface area (TPSA) is 86.9 Å². The number of nitrogens with zero attached hydrogens (tertiary/aromatic N) is 1. The molecule has 3 N–H and O–H groups in total. The zero-order valence-electron chi connectivity index (χ0n) is 12.3. The van der Waals surface area contributed by atoms with Crippen LogP contribution in [0.3, 0.4) is 0 Å². The number of aromatic nitrogens is 2. The number of H-pyrrole nitrogens is 1. The number of carbonyl (C=O) groups is 1. The number of nitrogens with one attached hydrogen (secondary N) is 3. The number of aromatic amines is 1. The summed E-state index contributed by atoms with van der Waals surface area (Å²) in [5, 5.41) is 6.09. The number of hydrogen-bond acceptors (Lipinski definition) is 4. The lowest BCUT2D eigenvalue weighted by atomic mass is 10.2. The number of carbonyl (C=O) groups excluding carboxylic acids is 1. The molecule has 0 aliphatic heterocycles. The number of rotatable bonds is 6. The third-order valence-electron chi connectivity index (χ3n) is 3.18. The Morgan fingerprint density at radius 2 is 2.29 bits per heavy atom. The Bertz CT molecular complexity index is 681. The standard InChI is InChI=1S/C15H20N4O2/c1-10(18-11(2)20)5-3-7-16-13-9-14(21)19-12-6-4-8-17-15(12)13/h4,6,8-10H,3,5,7H2,1-2H3,(H,18,20)(H2,16,19,21). The van der Waals surface area contributed by atoms with E-state index >= 15 is 0 Å². The van der Waals surface area contributed by atoms with Crippen molar-refractivity contribution in [3.05, 3.63) is 34.7 Å². The summed E-state index contributed by atoms with van der Waals surface area (Å²) in [5.41, 5.74) is 2.07. The van der Waals surface area contributed by atoms with E-state index in [1.165, 1.54) is 13.0 Å². The molecule has 2 heterocycles. The highest BCUT2D eigenvalue weighted by molar-refractivity contribution is 5.86. The Kier molecular flexibility index (Phi) is 4.92. The van der Waals surface area contributed by atoms with Crippen LogP contribution < -0.4 is 16.2 Å². The predicted molar refractivity (Wildman–Crippen MR) is 83.4 cm³/mol. The predicted octanol–water partition coefficient (Wildman–Crippen LogP) is 1.64. The molecular formula is C15H20N4O2. The number of hydrogen-bond donors (Lipinski definition) is 3. The summed E-state index contributed by atoms with van der Waals surface area (Å²) in [6, 6.07) is 5.29. The van der Waals surface area contributed by atoms with Crippen LogP contribution in [0.25, 0.3) is 11.0 Å². The van der Waals surface area contributed by atoms with Crippen LogP contribution in [0.15, 0.2) is 29.2 Å². The van der Waals surface area contributed by atoms with Gasteiger partial charge in [-0.15, -0.1) is 0 Å². The Balaban J connectivity index is 1.95. The molecule has 2 aromatic rings. The first kappa shape index (κ1) is 15.0. The lowest BCUT2D eigenvalue weighted by molar-refractivity contribution is -0.119. The Morgan fingerprint density at radius 3 is 3.05 bits per heavy atom. The molecule has 0 aliphatic rings. The molecule has 1 unspecified atom stereocenters. The van der Waals surface area contributed by atoms with Crippen LogP contribution in [-0.2, 0) is 4.79 Å². The molecule has 112 valence electrons. The maximum absolute atomic E-state index is 11.6. The van der Waals surface area contributed by atoms with Crippen molar-refractivity contribution >= 4 is 22.6 Å². The van der Waals surface area contributed by atoms with Crippen LogP contribution in [0.4, 0.5) is 5.69 Å². The maximum Gasteiger partial charge on any atom is 0.250 e. The van der Waals surface area contributed by atoms with Crippen molar-refractivity contribution in [3.63, 3.8) is 0 Å². The molecule has 6 heteroatoms. The fourth-order valence-electron chi connectivity index (χ4n) is 2.27. The number of fused-ring (bicyclic) bond motifs is 1. The molecule has 21 heavy (non-hydrogen) atoms. The van der Waals surface area contributed by atoms with E-state index in [1.54, 1.807) is 12.3 Å². The molecule has 0 saturated carbocycles. The number of amides is 1. The first-order chi connectivity index (χ1) is 10.1. The molecular weight excluding hydrogens is 268 g/mol. The first-order valence-corrected chi connectivity index (χ1v) is 7.05. The van der Waals surface area contributed by atoms with E-state index in [2.05, 4.69) is 20.6 Å². The number of anilines is 1. The maximum atomic E-state index is 11.6. The lowest BCUT2D eigenvalue weighted by Gasteiger charge is -2.13. The zero-order chi connectivity index (χ0) is 15.2. The van der Waals surface area contributed by atoms with Crippen molar-refractivity contribution in [2.45, 2.75) is 32.7 Å². The Labute approximate surface area is 123 Å². The second kappa shape index (κ2) is 6.88. The van der Waals surface area contributed by atoms with Crippen molar-refractivity contribution in [2.24, 2.45) is 0 Å². The molecule has 0 saturated heterocycles. The monoisotopic (exact) mass is 288 g/mol. The molecule has 2 rings (SSSR count). The summed E-state index contributed by atoms with van der Waals surface area (Å²) in [4.78, 5) is 29.6. The lowest BCUT2D eigenvalue weighted by Crippen LogP contribution is -2.30. The minimum atomic E-state index is -0.149. The van der Waals surface area contributed by atoms with Gasteiger partial charge in [0.15, 0.2) is 0 Å². The van der Waals surface area contributed by atoms with Gasteiger partial charge in [0.1, 0.15) is 5.52 Å². The van der Waals surface area contributed by atoms with Gasteiger partial charge in [-0.25, -0.2) is 0 Å². The molecule has 6 nitrogen and oxygen atoms in total. The van der Waals surface area contributed by atoms with Crippen LogP contribution in [0.2, 0.25) is 0 Å². The van der Waals surface area contributed by atoms with Crippen molar-refractivity contribution < 1.29 is 4.79 Å². The summed E-state index contributed by atoms with van der Waals surface area (Å²) < 4.78 is 0. The molecule has 0 aliphatic carbocycles. The van der Waals surface area contributed by atoms with Gasteiger partial charge in [-0.2, -0.15) is 0 Å². The third kappa shape index (κ3) is 4.30. The molecule has 0 bridgehead atoms. The second-order valence-corrected chi connectivity index (χ2v) is 5.12. The van der Waals surface area contributed by atoms with E-state index in [-0.39, 0.29) is 17.5 Å². The average molecular weight is 288 g/mol.